The SMILES string of the molecule is C=C(F)C(=O)N1CCN(c2c3c(n(C[C@@H]4CCCN4C)c(=O)c2C#N)CN(c2cccc4cccc(Cl)c24)CC3)C[C@H]1CC#N. The molecule has 0 aliphatic carbocycles. The van der Waals surface area contributed by atoms with E-state index in [4.69, 9.17) is 11.6 Å². The number of nitrogens with zero attached hydrogens (tertiary/aromatic N) is 7. The van der Waals surface area contributed by atoms with E-state index in [1.807, 2.05) is 39.8 Å². The lowest BCUT2D eigenvalue weighted by atomic mass is 9.95. The molecule has 0 spiro atoms. The van der Waals surface area contributed by atoms with Crippen molar-refractivity contribution in [3.05, 3.63) is 81.0 Å². The van der Waals surface area contributed by atoms with E-state index in [0.717, 1.165) is 47.1 Å². The molecule has 3 aromatic rings. The van der Waals surface area contributed by atoms with Crippen molar-refractivity contribution < 1.29 is 9.18 Å². The summed E-state index contributed by atoms with van der Waals surface area (Å²) in [5, 5.41) is 22.6. The molecular weight excluding hydrogens is 593 g/mol. The molecule has 11 heteroatoms. The zero-order valence-electron chi connectivity index (χ0n) is 25.3. The predicted octanol–water partition coefficient (Wildman–Crippen LogP) is 4.60. The van der Waals surface area contributed by atoms with Crippen LogP contribution in [0.1, 0.15) is 36.1 Å². The molecule has 0 saturated carbocycles. The first kappa shape index (κ1) is 30.6. The number of halogens is 2. The molecule has 2 saturated heterocycles. The van der Waals surface area contributed by atoms with Crippen LogP contribution >= 0.6 is 11.6 Å². The van der Waals surface area contributed by atoms with Crippen molar-refractivity contribution in [2.45, 2.75) is 50.9 Å². The van der Waals surface area contributed by atoms with Crippen LogP contribution in [0.5, 0.6) is 0 Å². The maximum absolute atomic E-state index is 14.3. The number of likely N-dealkylation sites (N-methyl/N-ethyl adjacent to an activating group) is 1. The van der Waals surface area contributed by atoms with Crippen LogP contribution in [0.25, 0.3) is 10.8 Å². The molecule has 6 rings (SSSR count). The molecule has 2 atom stereocenters. The number of amides is 1. The lowest BCUT2D eigenvalue weighted by molar-refractivity contribution is -0.131. The van der Waals surface area contributed by atoms with Crippen molar-refractivity contribution in [1.82, 2.24) is 14.4 Å². The largest absolute Gasteiger partial charge is 0.366 e. The molecular formula is C34H35ClFN7O2. The van der Waals surface area contributed by atoms with Gasteiger partial charge in [-0.15, -0.1) is 0 Å². The van der Waals surface area contributed by atoms with Crippen molar-refractivity contribution in [2.75, 3.05) is 49.6 Å². The molecule has 9 nitrogen and oxygen atoms in total. The normalized spacial score (nSPS) is 20.2. The van der Waals surface area contributed by atoms with Crippen molar-refractivity contribution >= 4 is 39.7 Å². The number of anilines is 2. The van der Waals surface area contributed by atoms with Gasteiger partial charge in [-0.25, -0.2) is 4.39 Å². The lowest BCUT2D eigenvalue weighted by Crippen LogP contribution is -2.56. The minimum absolute atomic E-state index is 0.0136. The molecule has 1 amide bonds. The topological polar surface area (TPSA) is 99.6 Å². The number of likely N-dealkylation sites (tertiary alicyclic amines) is 1. The number of pyridine rings is 1. The summed E-state index contributed by atoms with van der Waals surface area (Å²) in [4.78, 5) is 34.7. The van der Waals surface area contributed by atoms with Crippen molar-refractivity contribution in [3.8, 4) is 12.1 Å². The van der Waals surface area contributed by atoms with Gasteiger partial charge < -0.3 is 24.2 Å². The molecule has 2 aromatic carbocycles. The van der Waals surface area contributed by atoms with Crippen LogP contribution in [0.4, 0.5) is 15.8 Å². The highest BCUT2D eigenvalue weighted by Gasteiger charge is 2.37. The Bertz CT molecular complexity index is 1820. The van der Waals surface area contributed by atoms with Gasteiger partial charge in [0.05, 0.1) is 35.8 Å². The van der Waals surface area contributed by atoms with Crippen molar-refractivity contribution in [3.63, 3.8) is 0 Å². The highest BCUT2D eigenvalue weighted by molar-refractivity contribution is 6.36. The van der Waals surface area contributed by atoms with Gasteiger partial charge in [-0.05, 0) is 50.4 Å². The van der Waals surface area contributed by atoms with Gasteiger partial charge in [-0.3, -0.25) is 9.59 Å². The lowest BCUT2D eigenvalue weighted by Gasteiger charge is -2.43. The quantitative estimate of drug-likeness (QED) is 0.369. The molecule has 2 fully saturated rings. The number of piperazine rings is 1. The van der Waals surface area contributed by atoms with E-state index in [1.165, 1.54) is 4.90 Å². The van der Waals surface area contributed by atoms with E-state index in [2.05, 4.69) is 41.6 Å². The van der Waals surface area contributed by atoms with Crippen LogP contribution < -0.4 is 15.4 Å². The fourth-order valence-corrected chi connectivity index (χ4v) is 7.61. The first-order valence-corrected chi connectivity index (χ1v) is 15.7. The predicted molar refractivity (Wildman–Crippen MR) is 173 cm³/mol. The van der Waals surface area contributed by atoms with E-state index in [1.54, 1.807) is 0 Å². The Kier molecular flexibility index (Phi) is 8.54. The summed E-state index contributed by atoms with van der Waals surface area (Å²) in [5.74, 6) is -1.91. The second-order valence-corrected chi connectivity index (χ2v) is 12.5. The third-order valence-corrected chi connectivity index (χ3v) is 9.91. The number of nitriles is 2. The fourth-order valence-electron chi connectivity index (χ4n) is 7.33. The van der Waals surface area contributed by atoms with Crippen LogP contribution in [0, 0.1) is 22.7 Å². The van der Waals surface area contributed by atoms with Crippen molar-refractivity contribution in [2.24, 2.45) is 0 Å². The second kappa shape index (κ2) is 12.5. The minimum Gasteiger partial charge on any atom is -0.366 e. The summed E-state index contributed by atoms with van der Waals surface area (Å²) < 4.78 is 15.7. The first-order chi connectivity index (χ1) is 21.7. The highest BCUT2D eigenvalue weighted by Crippen LogP contribution is 2.38. The molecule has 0 N–H and O–H groups in total. The summed E-state index contributed by atoms with van der Waals surface area (Å²) in [6, 6.07) is 15.8. The highest BCUT2D eigenvalue weighted by atomic mass is 35.5. The third-order valence-electron chi connectivity index (χ3n) is 9.60. The molecule has 0 radical (unpaired) electrons. The number of aromatic nitrogens is 1. The average Bonchev–Trinajstić information content (AvgIpc) is 3.45. The zero-order chi connectivity index (χ0) is 31.8. The Morgan fingerprint density at radius 3 is 2.56 bits per heavy atom. The fraction of sp³-hybridized carbons (Fsp3) is 0.412. The molecule has 0 bridgehead atoms. The number of hydrogen-bond donors (Lipinski definition) is 0. The monoisotopic (exact) mass is 627 g/mol. The number of benzene rings is 2. The Labute approximate surface area is 266 Å². The van der Waals surface area contributed by atoms with E-state index in [0.29, 0.717) is 43.3 Å². The number of carbonyl (C=O) groups excluding carboxylic acids is 1. The van der Waals surface area contributed by atoms with Crippen LogP contribution in [0.15, 0.2) is 53.6 Å². The van der Waals surface area contributed by atoms with E-state index in [-0.39, 0.29) is 36.7 Å². The van der Waals surface area contributed by atoms with Gasteiger partial charge in [-0.2, -0.15) is 10.5 Å². The minimum atomic E-state index is -1.07. The van der Waals surface area contributed by atoms with Gasteiger partial charge in [0, 0.05) is 61.1 Å². The Morgan fingerprint density at radius 1 is 1.09 bits per heavy atom. The van der Waals surface area contributed by atoms with Crippen molar-refractivity contribution in [1.29, 1.82) is 10.5 Å². The molecule has 1 aromatic heterocycles. The standard InChI is InChI=1S/C34H35ClFN7O2/c1-22(36)33(44)42-17-16-41(19-25(42)11-13-37)32-26-12-15-40(29-10-4-7-23-6-3-9-28(35)31(23)29)21-30(26)43(34(45)27(32)18-38)20-24-8-5-14-39(24)2/h3-4,6-7,9-10,24-25H,1,5,8,11-12,14-17,19-21H2,2H3/t24-,25+/m0/s1. The smallest absolute Gasteiger partial charge is 0.282 e. The molecule has 232 valence electrons. The molecule has 3 aliphatic rings. The molecule has 0 unspecified atom stereocenters. The number of carbonyl (C=O) groups is 1. The molecule has 45 heavy (non-hydrogen) atoms. The number of hydrogen-bond acceptors (Lipinski definition) is 7. The number of rotatable bonds is 6. The molecule has 3 aliphatic heterocycles. The van der Waals surface area contributed by atoms with Gasteiger partial charge in [0.2, 0.25) is 0 Å². The summed E-state index contributed by atoms with van der Waals surface area (Å²) in [7, 11) is 2.07. The zero-order valence-corrected chi connectivity index (χ0v) is 26.1. The summed E-state index contributed by atoms with van der Waals surface area (Å²) in [6.07, 6.45) is 2.58. The summed E-state index contributed by atoms with van der Waals surface area (Å²) >= 11 is 6.72. The van der Waals surface area contributed by atoms with Gasteiger partial charge in [0.25, 0.3) is 11.5 Å². The van der Waals surface area contributed by atoms with E-state index < -0.39 is 17.8 Å². The Morgan fingerprint density at radius 2 is 1.87 bits per heavy atom. The van der Waals surface area contributed by atoms with Gasteiger partial charge in [0.15, 0.2) is 5.83 Å². The maximum Gasteiger partial charge on any atom is 0.282 e. The Balaban J connectivity index is 1.47. The summed E-state index contributed by atoms with van der Waals surface area (Å²) in [6.45, 7) is 6.31. The Hall–Kier alpha value is -4.38. The number of fused-ring (bicyclic) bond motifs is 2. The van der Waals surface area contributed by atoms with Crippen LogP contribution in [0.3, 0.4) is 0 Å². The maximum atomic E-state index is 14.3. The molecule has 4 heterocycles. The van der Waals surface area contributed by atoms with Gasteiger partial charge in [-0.1, -0.05) is 42.4 Å². The second-order valence-electron chi connectivity index (χ2n) is 12.1. The van der Waals surface area contributed by atoms with Crippen LogP contribution in [-0.2, 0) is 24.3 Å². The van der Waals surface area contributed by atoms with Gasteiger partial charge >= 0.3 is 0 Å². The average molecular weight is 628 g/mol. The van der Waals surface area contributed by atoms with E-state index >= 15 is 0 Å². The van der Waals surface area contributed by atoms with Crippen LogP contribution in [0.2, 0.25) is 5.02 Å². The van der Waals surface area contributed by atoms with E-state index in [9.17, 15) is 24.5 Å². The van der Waals surface area contributed by atoms with Crippen LogP contribution in [-0.4, -0.2) is 72.1 Å². The third kappa shape index (κ3) is 5.54. The summed E-state index contributed by atoms with van der Waals surface area (Å²) in [5.41, 5.74) is 3.08. The van der Waals surface area contributed by atoms with Gasteiger partial charge in [0.1, 0.15) is 11.6 Å². The first-order valence-electron chi connectivity index (χ1n) is 15.3.